The van der Waals surface area contributed by atoms with Gasteiger partial charge in [0.1, 0.15) is 6.10 Å². The van der Waals surface area contributed by atoms with Crippen LogP contribution in [0.1, 0.15) is 76.0 Å². The van der Waals surface area contributed by atoms with Crippen LogP contribution in [0.2, 0.25) is 0 Å². The van der Waals surface area contributed by atoms with Gasteiger partial charge in [-0.2, -0.15) is 0 Å². The van der Waals surface area contributed by atoms with Gasteiger partial charge in [0, 0.05) is 0 Å². The first-order valence-corrected chi connectivity index (χ1v) is 8.06. The number of benzene rings is 1. The van der Waals surface area contributed by atoms with E-state index in [0.717, 1.165) is 0 Å². The Balaban J connectivity index is 1.68. The zero-order valence-corrected chi connectivity index (χ0v) is 12.5. The van der Waals surface area contributed by atoms with E-state index in [4.69, 9.17) is 4.74 Å². The van der Waals surface area contributed by atoms with E-state index in [1.807, 2.05) is 0 Å². The standard InChI is InChI=1S/C18H28O/c1-3-4-5-6-7-8-9-12-16-13-10-11-14-17(16)18-15(2)19-18/h10-11,13-15,18H,3-9,12H2,1-2H3. The summed E-state index contributed by atoms with van der Waals surface area (Å²) in [7, 11) is 0. The molecule has 0 saturated carbocycles. The molecule has 0 aliphatic carbocycles. The van der Waals surface area contributed by atoms with Gasteiger partial charge < -0.3 is 4.74 Å². The summed E-state index contributed by atoms with van der Waals surface area (Å²) < 4.78 is 5.62. The van der Waals surface area contributed by atoms with E-state index in [-0.39, 0.29) is 0 Å². The average Bonchev–Trinajstić information content (AvgIpc) is 3.15. The van der Waals surface area contributed by atoms with Crippen molar-refractivity contribution in [3.63, 3.8) is 0 Å². The molecule has 0 aromatic heterocycles. The Morgan fingerprint density at radius 2 is 1.58 bits per heavy atom. The number of rotatable bonds is 9. The average molecular weight is 260 g/mol. The lowest BCUT2D eigenvalue weighted by atomic mass is 9.97. The van der Waals surface area contributed by atoms with Crippen molar-refractivity contribution in [2.24, 2.45) is 0 Å². The smallest absolute Gasteiger partial charge is 0.109 e. The van der Waals surface area contributed by atoms with Crippen molar-refractivity contribution in [1.29, 1.82) is 0 Å². The van der Waals surface area contributed by atoms with Gasteiger partial charge in [0.15, 0.2) is 0 Å². The van der Waals surface area contributed by atoms with E-state index in [1.165, 1.54) is 62.5 Å². The zero-order chi connectivity index (χ0) is 13.5. The number of ether oxygens (including phenoxy) is 1. The van der Waals surface area contributed by atoms with Gasteiger partial charge in [-0.15, -0.1) is 0 Å². The Kier molecular flexibility index (Phi) is 5.91. The number of aryl methyl sites for hydroxylation is 1. The predicted molar refractivity (Wildman–Crippen MR) is 81.4 cm³/mol. The van der Waals surface area contributed by atoms with Gasteiger partial charge in [0.2, 0.25) is 0 Å². The van der Waals surface area contributed by atoms with Crippen LogP contribution >= 0.6 is 0 Å². The van der Waals surface area contributed by atoms with Crippen LogP contribution in [0.15, 0.2) is 24.3 Å². The molecule has 2 unspecified atom stereocenters. The fourth-order valence-corrected chi connectivity index (χ4v) is 2.82. The quantitative estimate of drug-likeness (QED) is 0.425. The van der Waals surface area contributed by atoms with Crippen molar-refractivity contribution in [1.82, 2.24) is 0 Å². The number of unbranched alkanes of at least 4 members (excludes halogenated alkanes) is 6. The summed E-state index contributed by atoms with van der Waals surface area (Å²) in [6.45, 7) is 4.44. The molecule has 1 saturated heterocycles. The molecule has 2 atom stereocenters. The van der Waals surface area contributed by atoms with Crippen LogP contribution in [0, 0.1) is 0 Å². The highest BCUT2D eigenvalue weighted by molar-refractivity contribution is 5.32. The molecule has 1 aliphatic heterocycles. The first-order valence-electron chi connectivity index (χ1n) is 8.06. The second-order valence-corrected chi connectivity index (χ2v) is 5.83. The van der Waals surface area contributed by atoms with Gasteiger partial charge in [0.25, 0.3) is 0 Å². The minimum absolute atomic E-state index is 0.376. The van der Waals surface area contributed by atoms with Crippen molar-refractivity contribution in [3.8, 4) is 0 Å². The Morgan fingerprint density at radius 1 is 0.947 bits per heavy atom. The van der Waals surface area contributed by atoms with Crippen LogP contribution in [0.3, 0.4) is 0 Å². The largest absolute Gasteiger partial charge is 0.365 e. The molecule has 1 aromatic rings. The third-order valence-corrected chi connectivity index (χ3v) is 4.12. The van der Waals surface area contributed by atoms with E-state index >= 15 is 0 Å². The van der Waals surface area contributed by atoms with Crippen LogP contribution in [-0.2, 0) is 11.2 Å². The summed E-state index contributed by atoms with van der Waals surface area (Å²) in [6.07, 6.45) is 11.7. The molecule has 0 spiro atoms. The zero-order valence-electron chi connectivity index (χ0n) is 12.5. The normalized spacial score (nSPS) is 21.6. The predicted octanol–water partition coefficient (Wildman–Crippen LogP) is 5.44. The van der Waals surface area contributed by atoms with Gasteiger partial charge >= 0.3 is 0 Å². The Bertz CT molecular complexity index is 372. The third-order valence-electron chi connectivity index (χ3n) is 4.12. The highest BCUT2D eigenvalue weighted by atomic mass is 16.6. The molecule has 1 fully saturated rings. The van der Waals surface area contributed by atoms with Crippen molar-refractivity contribution in [3.05, 3.63) is 35.4 Å². The Hall–Kier alpha value is -0.820. The first kappa shape index (κ1) is 14.6. The molecule has 1 heterocycles. The van der Waals surface area contributed by atoms with Crippen LogP contribution in [0.5, 0.6) is 0 Å². The maximum atomic E-state index is 5.62. The lowest BCUT2D eigenvalue weighted by Gasteiger charge is -2.07. The molecule has 1 heteroatoms. The molecule has 1 nitrogen and oxygen atoms in total. The minimum atomic E-state index is 0.376. The monoisotopic (exact) mass is 260 g/mol. The summed E-state index contributed by atoms with van der Waals surface area (Å²) in [5.41, 5.74) is 2.94. The fourth-order valence-electron chi connectivity index (χ4n) is 2.82. The van der Waals surface area contributed by atoms with Gasteiger partial charge in [-0.05, 0) is 30.9 Å². The molecule has 1 aromatic carbocycles. The second-order valence-electron chi connectivity index (χ2n) is 5.83. The molecule has 0 amide bonds. The summed E-state index contributed by atoms with van der Waals surface area (Å²) in [5.74, 6) is 0. The highest BCUT2D eigenvalue weighted by Gasteiger charge is 2.36. The number of epoxide rings is 1. The van der Waals surface area contributed by atoms with Crippen LogP contribution in [0.4, 0.5) is 0 Å². The van der Waals surface area contributed by atoms with Gasteiger partial charge in [-0.3, -0.25) is 0 Å². The van der Waals surface area contributed by atoms with E-state index < -0.39 is 0 Å². The van der Waals surface area contributed by atoms with Crippen LogP contribution < -0.4 is 0 Å². The molecule has 0 radical (unpaired) electrons. The molecule has 0 N–H and O–H groups in total. The molecule has 106 valence electrons. The molecule has 0 bridgehead atoms. The highest BCUT2D eigenvalue weighted by Crippen LogP contribution is 2.40. The first-order chi connectivity index (χ1) is 9.33. The Morgan fingerprint density at radius 3 is 2.26 bits per heavy atom. The van der Waals surface area contributed by atoms with Crippen LogP contribution in [-0.4, -0.2) is 6.10 Å². The Labute approximate surface area is 118 Å². The summed E-state index contributed by atoms with van der Waals surface area (Å²) >= 11 is 0. The number of hydrogen-bond donors (Lipinski definition) is 0. The van der Waals surface area contributed by atoms with Crippen molar-refractivity contribution in [2.75, 3.05) is 0 Å². The molecule has 1 aliphatic rings. The lowest BCUT2D eigenvalue weighted by Crippen LogP contribution is -1.94. The minimum Gasteiger partial charge on any atom is -0.365 e. The van der Waals surface area contributed by atoms with Gasteiger partial charge in [-0.25, -0.2) is 0 Å². The maximum absolute atomic E-state index is 5.62. The summed E-state index contributed by atoms with van der Waals surface area (Å²) in [5, 5.41) is 0. The SMILES string of the molecule is CCCCCCCCCc1ccccc1C1OC1C. The molecule has 2 rings (SSSR count). The molecular weight excluding hydrogens is 232 g/mol. The van der Waals surface area contributed by atoms with Crippen molar-refractivity contribution in [2.45, 2.75) is 77.4 Å². The van der Waals surface area contributed by atoms with Crippen molar-refractivity contribution >= 4 is 0 Å². The lowest BCUT2D eigenvalue weighted by molar-refractivity contribution is 0.382. The maximum Gasteiger partial charge on any atom is 0.109 e. The third kappa shape index (κ3) is 4.65. The van der Waals surface area contributed by atoms with Crippen LogP contribution in [0.25, 0.3) is 0 Å². The van der Waals surface area contributed by atoms with E-state index in [0.29, 0.717) is 12.2 Å². The second kappa shape index (κ2) is 7.69. The van der Waals surface area contributed by atoms with E-state index in [2.05, 4.69) is 38.1 Å². The van der Waals surface area contributed by atoms with Crippen molar-refractivity contribution < 1.29 is 4.74 Å². The fraction of sp³-hybridized carbons (Fsp3) is 0.667. The van der Waals surface area contributed by atoms with E-state index in [1.54, 1.807) is 0 Å². The molecule has 19 heavy (non-hydrogen) atoms. The topological polar surface area (TPSA) is 12.5 Å². The number of hydrogen-bond acceptors (Lipinski definition) is 1. The van der Waals surface area contributed by atoms with Gasteiger partial charge in [-0.1, -0.05) is 69.7 Å². The molecular formula is C18H28O. The van der Waals surface area contributed by atoms with Gasteiger partial charge in [0.05, 0.1) is 6.10 Å². The summed E-state index contributed by atoms with van der Waals surface area (Å²) in [6, 6.07) is 8.82. The van der Waals surface area contributed by atoms with E-state index in [9.17, 15) is 0 Å². The summed E-state index contributed by atoms with van der Waals surface area (Å²) in [4.78, 5) is 0.